The second kappa shape index (κ2) is 8.50. The first kappa shape index (κ1) is 19.3. The molecule has 1 saturated heterocycles. The zero-order valence-electron chi connectivity index (χ0n) is 15.1. The minimum absolute atomic E-state index is 0.0142. The molecular formula is C18H23BrN4O2S. The van der Waals surface area contributed by atoms with E-state index in [4.69, 9.17) is 0 Å². The summed E-state index contributed by atoms with van der Waals surface area (Å²) >= 11 is 4.70. The molecule has 3 rings (SSSR count). The van der Waals surface area contributed by atoms with Crippen molar-refractivity contribution in [3.63, 3.8) is 0 Å². The van der Waals surface area contributed by atoms with Gasteiger partial charge in [-0.15, -0.1) is 0 Å². The van der Waals surface area contributed by atoms with Crippen molar-refractivity contribution < 1.29 is 4.79 Å². The van der Waals surface area contributed by atoms with Gasteiger partial charge in [0.15, 0.2) is 0 Å². The highest BCUT2D eigenvalue weighted by atomic mass is 79.9. The van der Waals surface area contributed by atoms with E-state index in [-0.39, 0.29) is 4.87 Å². The molecule has 0 N–H and O–H groups in total. The van der Waals surface area contributed by atoms with Crippen LogP contribution >= 0.6 is 27.3 Å². The van der Waals surface area contributed by atoms with Crippen LogP contribution in [0.3, 0.4) is 0 Å². The summed E-state index contributed by atoms with van der Waals surface area (Å²) in [6, 6.07) is 3.79. The fourth-order valence-corrected chi connectivity index (χ4v) is 4.66. The van der Waals surface area contributed by atoms with Gasteiger partial charge in [-0.3, -0.25) is 9.69 Å². The van der Waals surface area contributed by atoms with Gasteiger partial charge in [-0.25, -0.2) is 9.47 Å². The first-order valence-corrected chi connectivity index (χ1v) is 10.3. The Bertz CT molecular complexity index is 877. The van der Waals surface area contributed by atoms with Gasteiger partial charge in [-0.1, -0.05) is 27.3 Å². The van der Waals surface area contributed by atoms with Crippen molar-refractivity contribution in [1.82, 2.24) is 14.5 Å². The predicted molar refractivity (Wildman–Crippen MR) is 112 cm³/mol. The van der Waals surface area contributed by atoms with Gasteiger partial charge in [-0.2, -0.15) is 0 Å². The van der Waals surface area contributed by atoms with E-state index in [1.54, 1.807) is 4.68 Å². The van der Waals surface area contributed by atoms with Crippen LogP contribution in [0.15, 0.2) is 21.4 Å². The largest absolute Gasteiger partial charge is 0.326 e. The molecule has 1 aliphatic heterocycles. The van der Waals surface area contributed by atoms with Crippen molar-refractivity contribution in [1.29, 1.82) is 0 Å². The number of nitrogens with zero attached hydrogens (tertiary/aromatic N) is 4. The Morgan fingerprint density at radius 3 is 2.65 bits per heavy atom. The van der Waals surface area contributed by atoms with Crippen molar-refractivity contribution in [3.05, 3.63) is 31.8 Å². The molecule has 26 heavy (non-hydrogen) atoms. The van der Waals surface area contributed by atoms with Crippen LogP contribution in [-0.4, -0.2) is 73.8 Å². The Labute approximate surface area is 165 Å². The van der Waals surface area contributed by atoms with E-state index in [1.165, 1.54) is 17.4 Å². The molecule has 140 valence electrons. The molecule has 1 fully saturated rings. The average Bonchev–Trinajstić information content (AvgIpc) is 2.94. The van der Waals surface area contributed by atoms with Gasteiger partial charge in [-0.05, 0) is 45.7 Å². The lowest BCUT2D eigenvalue weighted by Crippen LogP contribution is -2.53. The van der Waals surface area contributed by atoms with E-state index in [1.807, 2.05) is 18.1 Å². The number of piperazine rings is 1. The van der Waals surface area contributed by atoms with Crippen LogP contribution in [-0.2, 0) is 4.79 Å². The maximum atomic E-state index is 12.6. The number of aromatic nitrogens is 1. The molecule has 2 aromatic rings. The summed E-state index contributed by atoms with van der Waals surface area (Å²) in [6.45, 7) is 5.63. The van der Waals surface area contributed by atoms with Crippen LogP contribution in [0.2, 0.25) is 0 Å². The summed E-state index contributed by atoms with van der Waals surface area (Å²) in [5, 5.41) is 2.10. The van der Waals surface area contributed by atoms with Gasteiger partial charge < -0.3 is 9.91 Å². The third-order valence-corrected chi connectivity index (χ3v) is 6.21. The Balaban J connectivity index is 1.81. The molecule has 0 unspecified atom stereocenters. The van der Waals surface area contributed by atoms with Crippen LogP contribution in [0.5, 0.6) is 0 Å². The Hall–Kier alpha value is -1.44. The highest BCUT2D eigenvalue weighted by Gasteiger charge is 2.22. The van der Waals surface area contributed by atoms with Crippen molar-refractivity contribution in [2.24, 2.45) is 0 Å². The monoisotopic (exact) mass is 438 g/mol. The fraction of sp³-hybridized carbons (Fsp3) is 0.500. The summed E-state index contributed by atoms with van der Waals surface area (Å²) < 4.78 is 3.42. The third-order valence-electron chi connectivity index (χ3n) is 4.62. The molecule has 2 heterocycles. The molecule has 0 aliphatic carbocycles. The molecular weight excluding hydrogens is 416 g/mol. The fourth-order valence-electron chi connectivity index (χ4n) is 3.32. The molecule has 8 heteroatoms. The standard InChI is InChI=1S/C18H23BrN4O2S/c1-20(2)7-3-8-21-9-11-22(12-10-21)23-17-14(6-13-24)15(19)4-5-16(17)26-18(23)25/h4-6H,3,7-12H2,1-2H3. The topological polar surface area (TPSA) is 48.8 Å². The zero-order valence-corrected chi connectivity index (χ0v) is 17.5. The van der Waals surface area contributed by atoms with Crippen molar-refractivity contribution >= 4 is 49.5 Å². The summed E-state index contributed by atoms with van der Waals surface area (Å²) in [6.07, 6.45) is 2.54. The molecule has 1 aromatic heterocycles. The summed E-state index contributed by atoms with van der Waals surface area (Å²) in [5.74, 6) is 1.85. The second-order valence-electron chi connectivity index (χ2n) is 6.70. The molecule has 0 radical (unpaired) electrons. The van der Waals surface area contributed by atoms with Gasteiger partial charge in [0.2, 0.25) is 0 Å². The molecule has 0 amide bonds. The Morgan fingerprint density at radius 1 is 1.27 bits per heavy atom. The summed E-state index contributed by atoms with van der Waals surface area (Å²) in [5.41, 5.74) is 1.50. The minimum atomic E-state index is -0.0142. The van der Waals surface area contributed by atoms with Gasteiger partial charge in [0, 0.05) is 42.3 Å². The number of benzene rings is 1. The van der Waals surface area contributed by atoms with E-state index in [2.05, 4.69) is 44.8 Å². The maximum Gasteiger partial charge on any atom is 0.326 e. The number of hydrogen-bond acceptors (Lipinski definition) is 6. The highest BCUT2D eigenvalue weighted by Crippen LogP contribution is 2.29. The zero-order chi connectivity index (χ0) is 18.7. The Kier molecular flexibility index (Phi) is 6.32. The minimum Gasteiger partial charge on any atom is -0.309 e. The van der Waals surface area contributed by atoms with E-state index in [0.717, 1.165) is 60.4 Å². The average molecular weight is 439 g/mol. The molecule has 0 spiro atoms. The number of carbonyl (C=O) groups excluding carboxylic acids is 1. The van der Waals surface area contributed by atoms with Gasteiger partial charge in [0.25, 0.3) is 0 Å². The quantitative estimate of drug-likeness (QED) is 0.644. The van der Waals surface area contributed by atoms with Crippen LogP contribution in [0, 0.1) is 0 Å². The van der Waals surface area contributed by atoms with Gasteiger partial charge in [0.1, 0.15) is 5.94 Å². The third kappa shape index (κ3) is 4.10. The predicted octanol–water partition coefficient (Wildman–Crippen LogP) is 1.88. The van der Waals surface area contributed by atoms with E-state index < -0.39 is 0 Å². The molecule has 0 saturated carbocycles. The maximum absolute atomic E-state index is 12.6. The molecule has 0 atom stereocenters. The second-order valence-corrected chi connectivity index (χ2v) is 8.55. The summed E-state index contributed by atoms with van der Waals surface area (Å²) in [4.78, 5) is 28.2. The Morgan fingerprint density at radius 2 is 2.00 bits per heavy atom. The van der Waals surface area contributed by atoms with Crippen molar-refractivity contribution in [3.8, 4) is 0 Å². The lowest BCUT2D eigenvalue weighted by molar-refractivity contribution is 0.228. The highest BCUT2D eigenvalue weighted by molar-refractivity contribution is 9.10. The van der Waals surface area contributed by atoms with Crippen molar-refractivity contribution in [2.45, 2.75) is 6.42 Å². The molecule has 0 bridgehead atoms. The van der Waals surface area contributed by atoms with Crippen LogP contribution in [0.4, 0.5) is 0 Å². The van der Waals surface area contributed by atoms with Crippen LogP contribution in [0.1, 0.15) is 12.0 Å². The lowest BCUT2D eigenvalue weighted by atomic mass is 10.2. The number of fused-ring (bicyclic) bond motifs is 1. The summed E-state index contributed by atoms with van der Waals surface area (Å²) in [7, 11) is 4.19. The van der Waals surface area contributed by atoms with E-state index in [9.17, 15) is 9.59 Å². The molecule has 1 aliphatic rings. The van der Waals surface area contributed by atoms with Gasteiger partial charge in [0.05, 0.1) is 10.2 Å². The number of rotatable bonds is 6. The van der Waals surface area contributed by atoms with Crippen LogP contribution in [0.25, 0.3) is 16.3 Å². The number of thiazole rings is 1. The molecule has 6 nitrogen and oxygen atoms in total. The van der Waals surface area contributed by atoms with E-state index in [0.29, 0.717) is 5.56 Å². The molecule has 1 aromatic carbocycles. The van der Waals surface area contributed by atoms with Gasteiger partial charge >= 0.3 is 4.87 Å². The number of hydrogen-bond donors (Lipinski definition) is 0. The first-order chi connectivity index (χ1) is 12.5. The van der Waals surface area contributed by atoms with Crippen molar-refractivity contribution in [2.75, 3.05) is 58.4 Å². The van der Waals surface area contributed by atoms with Crippen LogP contribution < -0.4 is 9.88 Å². The number of halogens is 1. The van der Waals surface area contributed by atoms with E-state index >= 15 is 0 Å². The normalized spacial score (nSPS) is 15.6. The smallest absolute Gasteiger partial charge is 0.309 e. The first-order valence-electron chi connectivity index (χ1n) is 8.68. The lowest BCUT2D eigenvalue weighted by Gasteiger charge is -2.36. The SMILES string of the molecule is CN(C)CCCN1CCN(n2c(=O)sc3ccc(Br)c(C=C=O)c32)CC1.